The van der Waals surface area contributed by atoms with Crippen molar-refractivity contribution in [1.82, 2.24) is 4.37 Å². The summed E-state index contributed by atoms with van der Waals surface area (Å²) in [4.78, 5) is 0. The average molecular weight is 367 g/mol. The maximum Gasteiger partial charge on any atom is 0.194 e. The molecular formula is C19H15ClN4S. The van der Waals surface area contributed by atoms with E-state index in [-0.39, 0.29) is 11.8 Å². The highest BCUT2D eigenvalue weighted by Crippen LogP contribution is 2.59. The number of fused-ring (bicyclic) bond motifs is 3. The van der Waals surface area contributed by atoms with Gasteiger partial charge in [-0.25, -0.2) is 0 Å². The molecule has 124 valence electrons. The maximum atomic E-state index is 10.1. The summed E-state index contributed by atoms with van der Waals surface area (Å²) < 4.78 is 4.44. The maximum absolute atomic E-state index is 10.1. The van der Waals surface area contributed by atoms with Crippen LogP contribution in [0.2, 0.25) is 5.02 Å². The fraction of sp³-hybridized carbons (Fsp3) is 0.316. The summed E-state index contributed by atoms with van der Waals surface area (Å²) in [7, 11) is 0. The summed E-state index contributed by atoms with van der Waals surface area (Å²) in [6, 6.07) is 12.1. The molecule has 4 nitrogen and oxygen atoms in total. The number of hydrogen-bond acceptors (Lipinski definition) is 5. The second-order valence-electron chi connectivity index (χ2n) is 6.50. The Morgan fingerprint density at radius 1 is 1.28 bits per heavy atom. The lowest BCUT2D eigenvalue weighted by atomic mass is 9.56. The highest BCUT2D eigenvalue weighted by atomic mass is 35.5. The van der Waals surface area contributed by atoms with Gasteiger partial charge in [-0.15, -0.1) is 0 Å². The second kappa shape index (κ2) is 5.88. The third-order valence-electron chi connectivity index (χ3n) is 5.33. The topological polar surface area (TPSA) is 86.5 Å². The summed E-state index contributed by atoms with van der Waals surface area (Å²) >= 11 is 7.64. The highest BCUT2D eigenvalue weighted by Gasteiger charge is 2.55. The van der Waals surface area contributed by atoms with Crippen LogP contribution in [0.3, 0.4) is 0 Å². The van der Waals surface area contributed by atoms with Crippen molar-refractivity contribution in [3.8, 4) is 12.1 Å². The summed E-state index contributed by atoms with van der Waals surface area (Å²) in [6.07, 6.45) is 5.10. The zero-order chi connectivity index (χ0) is 17.6. The first-order valence-electron chi connectivity index (χ1n) is 8.17. The first-order valence-corrected chi connectivity index (χ1v) is 9.32. The molecule has 0 unspecified atom stereocenters. The van der Waals surface area contributed by atoms with E-state index in [9.17, 15) is 10.5 Å². The lowest BCUT2D eigenvalue weighted by molar-refractivity contribution is 0.373. The van der Waals surface area contributed by atoms with E-state index in [0.717, 1.165) is 47.5 Å². The van der Waals surface area contributed by atoms with Gasteiger partial charge in [0.25, 0.3) is 0 Å². The molecule has 2 aliphatic rings. The van der Waals surface area contributed by atoms with E-state index in [1.807, 2.05) is 24.3 Å². The number of halogens is 1. The molecule has 1 aromatic heterocycles. The van der Waals surface area contributed by atoms with Crippen LogP contribution in [0.4, 0.5) is 5.00 Å². The van der Waals surface area contributed by atoms with Gasteiger partial charge < -0.3 is 5.73 Å². The van der Waals surface area contributed by atoms with Gasteiger partial charge in [-0.3, -0.25) is 0 Å². The molecule has 0 aliphatic heterocycles. The van der Waals surface area contributed by atoms with Gasteiger partial charge in [0, 0.05) is 16.5 Å². The zero-order valence-corrected chi connectivity index (χ0v) is 14.9. The third kappa shape index (κ3) is 2.13. The van der Waals surface area contributed by atoms with E-state index in [0.29, 0.717) is 15.7 Å². The van der Waals surface area contributed by atoms with E-state index in [2.05, 4.69) is 22.6 Å². The minimum Gasteiger partial charge on any atom is -0.389 e. The lowest BCUT2D eigenvalue weighted by Crippen LogP contribution is -2.41. The van der Waals surface area contributed by atoms with Gasteiger partial charge >= 0.3 is 0 Å². The van der Waals surface area contributed by atoms with Crippen LogP contribution in [-0.4, -0.2) is 4.37 Å². The van der Waals surface area contributed by atoms with E-state index in [4.69, 9.17) is 17.3 Å². The highest BCUT2D eigenvalue weighted by molar-refractivity contribution is 7.10. The summed E-state index contributed by atoms with van der Waals surface area (Å²) in [6.45, 7) is 0. The van der Waals surface area contributed by atoms with Gasteiger partial charge in [0.05, 0.1) is 17.8 Å². The molecule has 2 N–H and O–H groups in total. The number of rotatable bonds is 1. The van der Waals surface area contributed by atoms with Crippen LogP contribution < -0.4 is 5.73 Å². The molecule has 25 heavy (non-hydrogen) atoms. The molecule has 0 saturated heterocycles. The van der Waals surface area contributed by atoms with Crippen molar-refractivity contribution in [3.63, 3.8) is 0 Å². The van der Waals surface area contributed by atoms with Crippen molar-refractivity contribution < 1.29 is 0 Å². The molecule has 0 saturated carbocycles. The van der Waals surface area contributed by atoms with E-state index in [1.165, 1.54) is 0 Å². The number of nitrogens with zero attached hydrogens (tertiary/aromatic N) is 3. The summed E-state index contributed by atoms with van der Waals surface area (Å²) in [5.41, 5.74) is 8.06. The smallest absolute Gasteiger partial charge is 0.194 e. The molecule has 2 aromatic rings. The molecule has 0 amide bonds. The number of hydrogen-bond donors (Lipinski definition) is 1. The standard InChI is InChI=1S/C19H15ClN4S/c20-14-8-4-3-7-13(14)16-12-6-2-1-5-11(12)15-17(24-25-18(15)23)19(16,9-21)10-22/h3-5,7-8,12,16H,1-2,6,23H2/t12-,16-/m1/s1. The Bertz CT molecular complexity index is 949. The van der Waals surface area contributed by atoms with Gasteiger partial charge in [-0.1, -0.05) is 35.9 Å². The van der Waals surface area contributed by atoms with Crippen LogP contribution in [0.1, 0.15) is 42.0 Å². The summed E-state index contributed by atoms with van der Waals surface area (Å²) in [5.74, 6) is -0.309. The van der Waals surface area contributed by atoms with Crippen LogP contribution in [-0.2, 0) is 5.41 Å². The van der Waals surface area contributed by atoms with Gasteiger partial charge in [0.15, 0.2) is 5.41 Å². The average Bonchev–Trinajstić information content (AvgIpc) is 3.04. The fourth-order valence-electron chi connectivity index (χ4n) is 4.28. The molecule has 1 heterocycles. The molecule has 2 aliphatic carbocycles. The first kappa shape index (κ1) is 16.1. The lowest BCUT2D eigenvalue weighted by Gasteiger charge is -2.43. The second-order valence-corrected chi connectivity index (χ2v) is 7.71. The zero-order valence-electron chi connectivity index (χ0n) is 13.4. The molecule has 0 fully saturated rings. The number of nitriles is 2. The molecular weight excluding hydrogens is 352 g/mol. The molecule has 6 heteroatoms. The van der Waals surface area contributed by atoms with Gasteiger partial charge in [0.2, 0.25) is 0 Å². The Kier molecular flexibility index (Phi) is 3.80. The van der Waals surface area contributed by atoms with Gasteiger partial charge in [0.1, 0.15) is 5.00 Å². The number of allylic oxidation sites excluding steroid dienone is 2. The molecule has 0 bridgehead atoms. The molecule has 0 radical (unpaired) electrons. The minimum atomic E-state index is -1.38. The third-order valence-corrected chi connectivity index (χ3v) is 6.34. The normalized spacial score (nSPS) is 23.6. The summed E-state index contributed by atoms with van der Waals surface area (Å²) in [5, 5.41) is 21.4. The first-order chi connectivity index (χ1) is 12.1. The van der Waals surface area contributed by atoms with Crippen LogP contribution in [0, 0.1) is 28.6 Å². The van der Waals surface area contributed by atoms with Crippen molar-refractivity contribution in [1.29, 1.82) is 10.5 Å². The Morgan fingerprint density at radius 2 is 2.04 bits per heavy atom. The predicted octanol–water partition coefficient (Wildman–Crippen LogP) is 4.64. The Labute approximate surface area is 155 Å². The fourth-order valence-corrected chi connectivity index (χ4v) is 5.27. The number of aromatic nitrogens is 1. The molecule has 4 rings (SSSR count). The SMILES string of the molecule is N#CC1(C#N)c2nsc(N)c2C2=CCCC[C@H]2[C@@H]1c1ccccc1Cl. The molecule has 0 spiro atoms. The number of anilines is 1. The van der Waals surface area contributed by atoms with E-state index in [1.54, 1.807) is 0 Å². The predicted molar refractivity (Wildman–Crippen MR) is 98.9 cm³/mol. The minimum absolute atomic E-state index is 0.0409. The quantitative estimate of drug-likeness (QED) is 0.796. The van der Waals surface area contributed by atoms with Crippen LogP contribution >= 0.6 is 23.1 Å². The van der Waals surface area contributed by atoms with Crippen molar-refractivity contribution in [2.75, 3.05) is 5.73 Å². The number of benzene rings is 1. The van der Waals surface area contributed by atoms with Gasteiger partial charge in [-0.2, -0.15) is 14.9 Å². The Hall–Kier alpha value is -2.34. The monoisotopic (exact) mass is 366 g/mol. The Balaban J connectivity index is 2.08. The van der Waals surface area contributed by atoms with Crippen LogP contribution in [0.15, 0.2) is 30.3 Å². The van der Waals surface area contributed by atoms with Crippen molar-refractivity contribution in [2.45, 2.75) is 30.6 Å². The number of nitrogen functional groups attached to an aromatic ring is 1. The van der Waals surface area contributed by atoms with Gasteiger partial charge in [-0.05, 0) is 53.9 Å². The molecule has 2 atom stereocenters. The van der Waals surface area contributed by atoms with Crippen LogP contribution in [0.5, 0.6) is 0 Å². The van der Waals surface area contributed by atoms with Crippen LogP contribution in [0.25, 0.3) is 5.57 Å². The largest absolute Gasteiger partial charge is 0.389 e. The Morgan fingerprint density at radius 3 is 2.76 bits per heavy atom. The number of nitrogens with two attached hydrogens (primary N) is 1. The van der Waals surface area contributed by atoms with Crippen molar-refractivity contribution in [3.05, 3.63) is 52.2 Å². The van der Waals surface area contributed by atoms with E-state index < -0.39 is 5.41 Å². The molecule has 1 aromatic carbocycles. The van der Waals surface area contributed by atoms with Crippen molar-refractivity contribution >= 4 is 33.7 Å². The van der Waals surface area contributed by atoms with E-state index >= 15 is 0 Å². The van der Waals surface area contributed by atoms with Crippen molar-refractivity contribution in [2.24, 2.45) is 5.92 Å².